The van der Waals surface area contributed by atoms with Crippen LogP contribution >= 0.6 is 0 Å². The van der Waals surface area contributed by atoms with Crippen LogP contribution in [-0.4, -0.2) is 41.3 Å². The highest BCUT2D eigenvalue weighted by molar-refractivity contribution is 6.16. The Morgan fingerprint density at radius 3 is 2.34 bits per heavy atom. The van der Waals surface area contributed by atoms with Gasteiger partial charge in [-0.15, -0.1) is 0 Å². The summed E-state index contributed by atoms with van der Waals surface area (Å²) in [5.74, 6) is 0.249. The largest absolute Gasteiger partial charge is 0.491 e. The van der Waals surface area contributed by atoms with Crippen molar-refractivity contribution >= 4 is 39.3 Å². The molecule has 1 aliphatic heterocycles. The number of aryl methyl sites for hydroxylation is 2. The Labute approximate surface area is 222 Å². The minimum atomic E-state index is -0.464. The Morgan fingerprint density at radius 2 is 1.71 bits per heavy atom. The van der Waals surface area contributed by atoms with Crippen LogP contribution in [0.5, 0.6) is 5.75 Å². The number of oxime groups is 1. The van der Waals surface area contributed by atoms with E-state index in [1.165, 1.54) is 6.92 Å². The number of ketones is 1. The summed E-state index contributed by atoms with van der Waals surface area (Å²) >= 11 is 0. The highest BCUT2D eigenvalue weighted by atomic mass is 16.7. The van der Waals surface area contributed by atoms with Gasteiger partial charge in [-0.25, -0.2) is 4.79 Å². The Bertz CT molecular complexity index is 1560. The molecular weight excluding hydrogens is 480 g/mol. The van der Waals surface area contributed by atoms with Crippen molar-refractivity contribution in [3.8, 4) is 5.75 Å². The third-order valence-electron chi connectivity index (χ3n) is 7.07. The molecule has 5 rings (SSSR count). The van der Waals surface area contributed by atoms with Gasteiger partial charge in [-0.3, -0.25) is 4.79 Å². The molecule has 0 bridgehead atoms. The van der Waals surface area contributed by atoms with E-state index in [0.717, 1.165) is 64.7 Å². The fourth-order valence-corrected chi connectivity index (χ4v) is 5.10. The number of carbonyl (C=O) groups is 2. The fourth-order valence-electron chi connectivity index (χ4n) is 5.10. The van der Waals surface area contributed by atoms with Gasteiger partial charge in [0.1, 0.15) is 12.4 Å². The van der Waals surface area contributed by atoms with Gasteiger partial charge in [-0.05, 0) is 93.3 Å². The molecule has 0 saturated carbocycles. The van der Waals surface area contributed by atoms with Gasteiger partial charge >= 0.3 is 5.97 Å². The molecule has 0 unspecified atom stereocenters. The van der Waals surface area contributed by atoms with E-state index in [-0.39, 0.29) is 11.9 Å². The minimum absolute atomic E-state index is 0.0313. The molecule has 1 fully saturated rings. The SMILES string of the molecule is CCn1c2ccc(C(=O)c3ccc(OC[C@H]4CCCO4)cc3C)cc2c2cc(/C(C)=N\OC(C)=O)ccc21. The van der Waals surface area contributed by atoms with Gasteiger partial charge in [0, 0.05) is 53.0 Å². The molecule has 0 radical (unpaired) electrons. The molecule has 0 N–H and O–H groups in total. The number of fused-ring (bicyclic) bond motifs is 3. The van der Waals surface area contributed by atoms with Gasteiger partial charge in [0.05, 0.1) is 11.8 Å². The quantitative estimate of drug-likeness (QED) is 0.122. The molecule has 1 aromatic heterocycles. The second-order valence-electron chi connectivity index (χ2n) is 9.72. The molecule has 1 aliphatic rings. The van der Waals surface area contributed by atoms with Crippen LogP contribution in [0.1, 0.15) is 60.7 Å². The predicted molar refractivity (Wildman–Crippen MR) is 148 cm³/mol. The molecule has 7 heteroatoms. The summed E-state index contributed by atoms with van der Waals surface area (Å²) in [6, 6.07) is 17.5. The van der Waals surface area contributed by atoms with E-state index < -0.39 is 5.97 Å². The van der Waals surface area contributed by atoms with Crippen molar-refractivity contribution in [1.82, 2.24) is 4.57 Å². The lowest BCUT2D eigenvalue weighted by molar-refractivity contribution is -0.140. The summed E-state index contributed by atoms with van der Waals surface area (Å²) in [5.41, 5.74) is 5.72. The molecule has 1 saturated heterocycles. The maximum Gasteiger partial charge on any atom is 0.331 e. The van der Waals surface area contributed by atoms with Gasteiger partial charge in [0.2, 0.25) is 0 Å². The molecule has 0 aliphatic carbocycles. The van der Waals surface area contributed by atoms with Crippen molar-refractivity contribution < 1.29 is 23.9 Å². The number of benzene rings is 3. The van der Waals surface area contributed by atoms with Gasteiger partial charge in [0.25, 0.3) is 0 Å². The van der Waals surface area contributed by atoms with E-state index in [1.807, 2.05) is 61.5 Å². The van der Waals surface area contributed by atoms with E-state index in [1.54, 1.807) is 6.92 Å². The van der Waals surface area contributed by atoms with Crippen LogP contribution < -0.4 is 4.74 Å². The summed E-state index contributed by atoms with van der Waals surface area (Å²) in [6.45, 7) is 9.27. The summed E-state index contributed by atoms with van der Waals surface area (Å²) in [7, 11) is 0. The van der Waals surface area contributed by atoms with Gasteiger partial charge in [-0.2, -0.15) is 0 Å². The smallest absolute Gasteiger partial charge is 0.331 e. The summed E-state index contributed by atoms with van der Waals surface area (Å²) in [6.07, 6.45) is 2.24. The lowest BCUT2D eigenvalue weighted by Crippen LogP contribution is -2.16. The average Bonchev–Trinajstić information content (AvgIpc) is 3.55. The zero-order chi connectivity index (χ0) is 26.8. The summed E-state index contributed by atoms with van der Waals surface area (Å²) in [4.78, 5) is 29.6. The Morgan fingerprint density at radius 1 is 1.00 bits per heavy atom. The minimum Gasteiger partial charge on any atom is -0.491 e. The molecule has 0 amide bonds. The standard InChI is InChI=1S/C31H32N2O5/c1-5-33-29-12-8-22(20(3)32-38-21(4)34)16-27(29)28-17-23(9-13-30(28)33)31(35)26-11-10-24(15-19(26)2)37-18-25-7-6-14-36-25/h8-13,15-17,25H,5-7,14,18H2,1-4H3/b32-20-/t25-/m1/s1. The Kier molecular flexibility index (Phi) is 7.29. The zero-order valence-electron chi connectivity index (χ0n) is 22.2. The molecule has 2 heterocycles. The van der Waals surface area contributed by atoms with Gasteiger partial charge in [0.15, 0.2) is 5.78 Å². The van der Waals surface area contributed by atoms with Crippen LogP contribution in [0, 0.1) is 6.92 Å². The molecule has 196 valence electrons. The second kappa shape index (κ2) is 10.8. The molecule has 38 heavy (non-hydrogen) atoms. The molecule has 0 spiro atoms. The van der Waals surface area contributed by atoms with Crippen LogP contribution in [0.4, 0.5) is 0 Å². The monoisotopic (exact) mass is 512 g/mol. The first-order chi connectivity index (χ1) is 18.4. The number of carbonyl (C=O) groups excluding carboxylic acids is 2. The lowest BCUT2D eigenvalue weighted by atomic mass is 9.97. The molecule has 4 aromatic rings. The van der Waals surface area contributed by atoms with Crippen LogP contribution in [0.25, 0.3) is 21.8 Å². The van der Waals surface area contributed by atoms with Crippen LogP contribution in [0.15, 0.2) is 59.8 Å². The normalized spacial score (nSPS) is 15.8. The number of ether oxygens (including phenoxy) is 2. The number of hydrogen-bond acceptors (Lipinski definition) is 6. The van der Waals surface area contributed by atoms with Crippen LogP contribution in [0.2, 0.25) is 0 Å². The Balaban J connectivity index is 1.48. The van der Waals surface area contributed by atoms with E-state index in [4.69, 9.17) is 14.3 Å². The van der Waals surface area contributed by atoms with Crippen LogP contribution in [0.3, 0.4) is 0 Å². The number of nitrogens with zero attached hydrogens (tertiary/aromatic N) is 2. The van der Waals surface area contributed by atoms with Crippen molar-refractivity contribution in [2.75, 3.05) is 13.2 Å². The third kappa shape index (κ3) is 5.07. The molecule has 7 nitrogen and oxygen atoms in total. The first kappa shape index (κ1) is 25.7. The number of rotatable bonds is 8. The highest BCUT2D eigenvalue weighted by Gasteiger charge is 2.19. The fraction of sp³-hybridized carbons (Fsp3) is 0.323. The zero-order valence-corrected chi connectivity index (χ0v) is 22.2. The number of hydrogen-bond donors (Lipinski definition) is 0. The molecule has 3 aromatic carbocycles. The van der Waals surface area contributed by atoms with Crippen molar-refractivity contribution in [2.45, 2.75) is 53.2 Å². The average molecular weight is 513 g/mol. The molecule has 1 atom stereocenters. The second-order valence-corrected chi connectivity index (χ2v) is 9.72. The maximum absolute atomic E-state index is 13.6. The first-order valence-electron chi connectivity index (χ1n) is 13.0. The predicted octanol–water partition coefficient (Wildman–Crippen LogP) is 6.20. The van der Waals surface area contributed by atoms with Crippen molar-refractivity contribution in [1.29, 1.82) is 0 Å². The molecular formula is C31H32N2O5. The van der Waals surface area contributed by atoms with Gasteiger partial charge < -0.3 is 18.9 Å². The topological polar surface area (TPSA) is 79.1 Å². The number of aromatic nitrogens is 1. The van der Waals surface area contributed by atoms with E-state index in [0.29, 0.717) is 23.4 Å². The van der Waals surface area contributed by atoms with Crippen LogP contribution in [-0.2, 0) is 20.9 Å². The first-order valence-corrected chi connectivity index (χ1v) is 13.0. The van der Waals surface area contributed by atoms with Crippen molar-refractivity contribution in [2.24, 2.45) is 5.16 Å². The highest BCUT2D eigenvalue weighted by Crippen LogP contribution is 2.32. The van der Waals surface area contributed by atoms with Crippen molar-refractivity contribution in [3.63, 3.8) is 0 Å². The van der Waals surface area contributed by atoms with Crippen molar-refractivity contribution in [3.05, 3.63) is 76.9 Å². The van der Waals surface area contributed by atoms with E-state index in [9.17, 15) is 9.59 Å². The summed E-state index contributed by atoms with van der Waals surface area (Å²) < 4.78 is 13.8. The van der Waals surface area contributed by atoms with E-state index in [2.05, 4.69) is 16.6 Å². The van der Waals surface area contributed by atoms with E-state index >= 15 is 0 Å². The Hall–Kier alpha value is -3.97. The summed E-state index contributed by atoms with van der Waals surface area (Å²) in [5, 5.41) is 5.94. The lowest BCUT2D eigenvalue weighted by Gasteiger charge is -2.13. The third-order valence-corrected chi connectivity index (χ3v) is 7.07. The maximum atomic E-state index is 13.6. The van der Waals surface area contributed by atoms with Gasteiger partial charge in [-0.1, -0.05) is 11.2 Å².